The monoisotopic (exact) mass is 374 g/mol. The summed E-state index contributed by atoms with van der Waals surface area (Å²) in [6, 6.07) is 7.44. The van der Waals surface area contributed by atoms with Gasteiger partial charge in [0.05, 0.1) is 18.9 Å². The molecule has 0 saturated carbocycles. The van der Waals surface area contributed by atoms with E-state index in [1.165, 1.54) is 12.1 Å². The Labute approximate surface area is 157 Å². The van der Waals surface area contributed by atoms with Crippen LogP contribution in [0.4, 0.5) is 26.5 Å². The molecule has 144 valence electrons. The average Bonchev–Trinajstić information content (AvgIpc) is 2.67. The molecule has 1 fully saturated rings. The molecule has 2 aromatic rings. The Kier molecular flexibility index (Phi) is 6.37. The smallest absolute Gasteiger partial charge is 0.319 e. The minimum absolute atomic E-state index is 0.143. The number of ether oxygens (including phenoxy) is 1. The van der Waals surface area contributed by atoms with Crippen molar-refractivity contribution in [1.82, 2.24) is 15.3 Å². The van der Waals surface area contributed by atoms with E-state index in [1.54, 1.807) is 12.1 Å². The van der Waals surface area contributed by atoms with E-state index in [-0.39, 0.29) is 5.69 Å². The number of hydrogen-bond donors (Lipinski definition) is 3. The molecular weight excluding hydrogens is 351 g/mol. The van der Waals surface area contributed by atoms with Crippen LogP contribution in [0.1, 0.15) is 5.82 Å². The number of benzene rings is 1. The first kappa shape index (κ1) is 18.8. The minimum atomic E-state index is -0.474. The molecule has 0 spiro atoms. The molecule has 1 aliphatic heterocycles. The second kappa shape index (κ2) is 9.13. The maximum absolute atomic E-state index is 13.5. The Bertz CT molecular complexity index is 782. The van der Waals surface area contributed by atoms with Gasteiger partial charge in [-0.25, -0.2) is 19.2 Å². The van der Waals surface area contributed by atoms with Crippen molar-refractivity contribution < 1.29 is 13.9 Å². The Morgan fingerprint density at radius 1 is 1.22 bits per heavy atom. The fourth-order valence-corrected chi connectivity index (χ4v) is 2.69. The molecule has 0 radical (unpaired) electrons. The number of carbonyl (C=O) groups is 1. The van der Waals surface area contributed by atoms with Crippen LogP contribution in [0.2, 0.25) is 0 Å². The van der Waals surface area contributed by atoms with E-state index in [0.29, 0.717) is 37.9 Å². The number of nitrogens with zero attached hydrogens (tertiary/aromatic N) is 3. The van der Waals surface area contributed by atoms with Crippen LogP contribution in [0.5, 0.6) is 0 Å². The zero-order valence-electron chi connectivity index (χ0n) is 15.2. The third kappa shape index (κ3) is 5.52. The van der Waals surface area contributed by atoms with E-state index in [2.05, 4.69) is 30.8 Å². The highest BCUT2D eigenvalue weighted by Gasteiger charge is 2.14. The van der Waals surface area contributed by atoms with Crippen LogP contribution in [0.25, 0.3) is 0 Å². The molecule has 0 bridgehead atoms. The molecule has 8 nitrogen and oxygen atoms in total. The SMILES string of the molecule is Cc1nc(NCCNC(=O)Nc2ccccc2F)cc(N2CCOCC2)n1. The number of nitrogens with one attached hydrogen (secondary N) is 3. The second-order valence-electron chi connectivity index (χ2n) is 6.05. The fraction of sp³-hybridized carbons (Fsp3) is 0.389. The average molecular weight is 374 g/mol. The van der Waals surface area contributed by atoms with Gasteiger partial charge in [0.25, 0.3) is 0 Å². The standard InChI is InChI=1S/C18H23FN6O2/c1-13-22-16(12-17(23-13)25-8-10-27-11-9-25)20-6-7-21-18(26)24-15-5-3-2-4-14(15)19/h2-5,12H,6-11H2,1H3,(H,20,22,23)(H2,21,24,26). The highest BCUT2D eigenvalue weighted by atomic mass is 19.1. The van der Waals surface area contributed by atoms with Gasteiger partial charge >= 0.3 is 6.03 Å². The Morgan fingerprint density at radius 3 is 2.78 bits per heavy atom. The molecule has 2 heterocycles. The van der Waals surface area contributed by atoms with Crippen molar-refractivity contribution in [2.24, 2.45) is 0 Å². The number of morpholine rings is 1. The number of aryl methyl sites for hydroxylation is 1. The van der Waals surface area contributed by atoms with Gasteiger partial charge in [0.1, 0.15) is 23.3 Å². The lowest BCUT2D eigenvalue weighted by Crippen LogP contribution is -2.37. The molecule has 3 N–H and O–H groups in total. The Morgan fingerprint density at radius 2 is 2.00 bits per heavy atom. The summed E-state index contributed by atoms with van der Waals surface area (Å²) in [5, 5.41) is 8.31. The predicted molar refractivity (Wildman–Crippen MR) is 102 cm³/mol. The second-order valence-corrected chi connectivity index (χ2v) is 6.05. The number of rotatable bonds is 6. The highest BCUT2D eigenvalue weighted by molar-refractivity contribution is 5.89. The van der Waals surface area contributed by atoms with Gasteiger partial charge in [-0.2, -0.15) is 0 Å². The topological polar surface area (TPSA) is 91.4 Å². The summed E-state index contributed by atoms with van der Waals surface area (Å²) in [5.74, 6) is 1.75. The van der Waals surface area contributed by atoms with Crippen molar-refractivity contribution in [3.63, 3.8) is 0 Å². The summed E-state index contributed by atoms with van der Waals surface area (Å²) in [5.41, 5.74) is 0.143. The molecule has 1 aromatic carbocycles. The number of urea groups is 1. The van der Waals surface area contributed by atoms with Crippen LogP contribution in [0.3, 0.4) is 0 Å². The third-order valence-electron chi connectivity index (χ3n) is 4.00. The van der Waals surface area contributed by atoms with Gasteiger partial charge in [-0.05, 0) is 19.1 Å². The lowest BCUT2D eigenvalue weighted by Gasteiger charge is -2.28. The first-order valence-electron chi connectivity index (χ1n) is 8.83. The van der Waals surface area contributed by atoms with Crippen molar-refractivity contribution in [2.45, 2.75) is 6.92 Å². The van der Waals surface area contributed by atoms with Crippen LogP contribution in [-0.2, 0) is 4.74 Å². The number of carbonyl (C=O) groups excluding carboxylic acids is 1. The molecule has 27 heavy (non-hydrogen) atoms. The lowest BCUT2D eigenvalue weighted by molar-refractivity contribution is 0.122. The largest absolute Gasteiger partial charge is 0.378 e. The maximum Gasteiger partial charge on any atom is 0.319 e. The van der Waals surface area contributed by atoms with E-state index in [4.69, 9.17) is 4.74 Å². The lowest BCUT2D eigenvalue weighted by atomic mass is 10.3. The quantitative estimate of drug-likeness (QED) is 0.670. The van der Waals surface area contributed by atoms with Gasteiger partial charge in [0, 0.05) is 32.2 Å². The van der Waals surface area contributed by atoms with Gasteiger partial charge in [0.15, 0.2) is 0 Å². The summed E-state index contributed by atoms with van der Waals surface area (Å²) in [4.78, 5) is 22.8. The molecule has 0 aliphatic carbocycles. The Hall–Kier alpha value is -2.94. The number of para-hydroxylation sites is 1. The molecule has 1 aliphatic rings. The van der Waals surface area contributed by atoms with Crippen LogP contribution in [0, 0.1) is 12.7 Å². The van der Waals surface area contributed by atoms with Crippen molar-refractivity contribution >= 4 is 23.4 Å². The zero-order valence-corrected chi connectivity index (χ0v) is 15.2. The summed E-state index contributed by atoms with van der Waals surface area (Å²) < 4.78 is 18.9. The molecule has 0 unspecified atom stereocenters. The third-order valence-corrected chi connectivity index (χ3v) is 4.00. The van der Waals surface area contributed by atoms with Crippen molar-refractivity contribution in [2.75, 3.05) is 54.9 Å². The summed E-state index contributed by atoms with van der Waals surface area (Å²) >= 11 is 0. The zero-order chi connectivity index (χ0) is 19.1. The van der Waals surface area contributed by atoms with Crippen molar-refractivity contribution in [3.8, 4) is 0 Å². The van der Waals surface area contributed by atoms with Gasteiger partial charge in [-0.3, -0.25) is 0 Å². The highest BCUT2D eigenvalue weighted by Crippen LogP contribution is 2.17. The summed E-state index contributed by atoms with van der Waals surface area (Å²) in [7, 11) is 0. The van der Waals surface area contributed by atoms with Crippen LogP contribution in [-0.4, -0.2) is 55.4 Å². The number of anilines is 3. The van der Waals surface area contributed by atoms with Crippen molar-refractivity contribution in [1.29, 1.82) is 0 Å². The molecule has 2 amide bonds. The first-order chi connectivity index (χ1) is 13.1. The molecule has 1 saturated heterocycles. The summed E-state index contributed by atoms with van der Waals surface area (Å²) in [6.45, 7) is 5.65. The molecule has 9 heteroatoms. The van der Waals surface area contributed by atoms with Crippen LogP contribution < -0.4 is 20.9 Å². The van der Waals surface area contributed by atoms with E-state index >= 15 is 0 Å². The van der Waals surface area contributed by atoms with Gasteiger partial charge in [0.2, 0.25) is 0 Å². The Balaban J connectivity index is 1.46. The number of amides is 2. The van der Waals surface area contributed by atoms with Gasteiger partial charge in [-0.15, -0.1) is 0 Å². The molecule has 0 atom stereocenters. The van der Waals surface area contributed by atoms with E-state index in [1.807, 2.05) is 13.0 Å². The summed E-state index contributed by atoms with van der Waals surface area (Å²) in [6.07, 6.45) is 0. The first-order valence-corrected chi connectivity index (χ1v) is 8.83. The maximum atomic E-state index is 13.5. The number of halogens is 1. The number of aromatic nitrogens is 2. The molecule has 1 aromatic heterocycles. The van der Waals surface area contributed by atoms with Crippen LogP contribution in [0.15, 0.2) is 30.3 Å². The van der Waals surface area contributed by atoms with Crippen molar-refractivity contribution in [3.05, 3.63) is 42.0 Å². The fourth-order valence-electron chi connectivity index (χ4n) is 2.69. The molecular formula is C18H23FN6O2. The normalized spacial score (nSPS) is 13.9. The predicted octanol–water partition coefficient (Wildman–Crippen LogP) is 1.99. The van der Waals surface area contributed by atoms with E-state index < -0.39 is 11.8 Å². The van der Waals surface area contributed by atoms with Crippen LogP contribution >= 0.6 is 0 Å². The van der Waals surface area contributed by atoms with E-state index in [9.17, 15) is 9.18 Å². The van der Waals surface area contributed by atoms with Gasteiger partial charge in [-0.1, -0.05) is 12.1 Å². The molecule has 3 rings (SSSR count). The number of hydrogen-bond acceptors (Lipinski definition) is 6. The van der Waals surface area contributed by atoms with Gasteiger partial charge < -0.3 is 25.6 Å². The van der Waals surface area contributed by atoms with E-state index in [0.717, 1.165) is 18.9 Å². The minimum Gasteiger partial charge on any atom is -0.378 e.